The van der Waals surface area contributed by atoms with E-state index in [1.807, 2.05) is 0 Å². The number of carbonyl (C=O) groups excluding carboxylic acids is 2. The molecule has 1 heterocycles. The third-order valence-corrected chi connectivity index (χ3v) is 4.23. The van der Waals surface area contributed by atoms with E-state index in [1.165, 1.54) is 6.42 Å². The van der Waals surface area contributed by atoms with Crippen molar-refractivity contribution in [2.24, 2.45) is 5.92 Å². The third-order valence-electron chi connectivity index (χ3n) is 4.23. The Kier molecular flexibility index (Phi) is 5.32. The molecule has 6 heteroatoms. The first-order chi connectivity index (χ1) is 10.3. The van der Waals surface area contributed by atoms with Crippen LogP contribution in [0.5, 0.6) is 0 Å². The van der Waals surface area contributed by atoms with Crippen LogP contribution in [0.15, 0.2) is 0 Å². The average molecular weight is 312 g/mol. The molecule has 0 radical (unpaired) electrons. The number of hydrogen-bond donors (Lipinski definition) is 2. The molecule has 2 rings (SSSR count). The van der Waals surface area contributed by atoms with Gasteiger partial charge >= 0.3 is 6.09 Å². The number of aliphatic hydroxyl groups is 1. The molecule has 1 aliphatic carbocycles. The van der Waals surface area contributed by atoms with E-state index in [4.69, 9.17) is 4.74 Å². The lowest BCUT2D eigenvalue weighted by atomic mass is 9.83. The summed E-state index contributed by atoms with van der Waals surface area (Å²) < 4.78 is 5.29. The van der Waals surface area contributed by atoms with E-state index in [2.05, 4.69) is 5.32 Å². The summed E-state index contributed by atoms with van der Waals surface area (Å²) >= 11 is 0. The fraction of sp³-hybridized carbons (Fsp3) is 0.875. The van der Waals surface area contributed by atoms with Gasteiger partial charge < -0.3 is 20.1 Å². The summed E-state index contributed by atoms with van der Waals surface area (Å²) in [6.45, 7) is 6.12. The van der Waals surface area contributed by atoms with Crippen molar-refractivity contribution in [1.29, 1.82) is 0 Å². The van der Waals surface area contributed by atoms with Gasteiger partial charge in [0.25, 0.3) is 0 Å². The van der Waals surface area contributed by atoms with Crippen LogP contribution in [0.3, 0.4) is 0 Å². The largest absolute Gasteiger partial charge is 0.444 e. The standard InChI is InChI=1S/C16H28N2O4/c1-16(2,3)22-15(21)17-13(11-7-5-4-6-8-11)14(20)18-9-12(19)10-18/h11-13,19H,4-10H2,1-3H3,(H,17,21)/t13-/m0/s1. The normalized spacial score (nSPS) is 21.9. The van der Waals surface area contributed by atoms with Crippen molar-refractivity contribution in [2.45, 2.75) is 70.6 Å². The lowest BCUT2D eigenvalue weighted by Gasteiger charge is -2.40. The summed E-state index contributed by atoms with van der Waals surface area (Å²) in [6.07, 6.45) is 4.28. The molecule has 1 saturated heterocycles. The van der Waals surface area contributed by atoms with E-state index in [-0.39, 0.29) is 11.8 Å². The zero-order valence-corrected chi connectivity index (χ0v) is 13.8. The number of alkyl carbamates (subject to hydrolysis) is 1. The van der Waals surface area contributed by atoms with Crippen molar-refractivity contribution in [3.8, 4) is 0 Å². The van der Waals surface area contributed by atoms with Gasteiger partial charge in [-0.2, -0.15) is 0 Å². The molecule has 1 aliphatic heterocycles. The summed E-state index contributed by atoms with van der Waals surface area (Å²) in [5, 5.41) is 12.2. The molecule has 0 spiro atoms. The van der Waals surface area contributed by atoms with Crippen LogP contribution in [0.4, 0.5) is 4.79 Å². The number of carbonyl (C=O) groups is 2. The smallest absolute Gasteiger partial charge is 0.408 e. The van der Waals surface area contributed by atoms with Gasteiger partial charge in [-0.05, 0) is 39.5 Å². The van der Waals surface area contributed by atoms with E-state index in [1.54, 1.807) is 25.7 Å². The van der Waals surface area contributed by atoms with Crippen LogP contribution in [0, 0.1) is 5.92 Å². The Morgan fingerprint density at radius 1 is 1.18 bits per heavy atom. The van der Waals surface area contributed by atoms with Crippen LogP contribution in [0.1, 0.15) is 52.9 Å². The molecule has 2 amide bonds. The maximum absolute atomic E-state index is 12.6. The van der Waals surface area contributed by atoms with Gasteiger partial charge in [0.15, 0.2) is 0 Å². The molecule has 1 atom stereocenters. The topological polar surface area (TPSA) is 78.9 Å². The predicted octanol–water partition coefficient (Wildman–Crippen LogP) is 1.66. The Hall–Kier alpha value is -1.30. The third kappa shape index (κ3) is 4.60. The highest BCUT2D eigenvalue weighted by Gasteiger charge is 2.39. The molecule has 1 saturated carbocycles. The van der Waals surface area contributed by atoms with E-state index in [0.717, 1.165) is 25.7 Å². The van der Waals surface area contributed by atoms with E-state index in [9.17, 15) is 14.7 Å². The van der Waals surface area contributed by atoms with Gasteiger partial charge in [-0.1, -0.05) is 19.3 Å². The van der Waals surface area contributed by atoms with Crippen molar-refractivity contribution in [2.75, 3.05) is 13.1 Å². The second-order valence-corrected chi connectivity index (χ2v) is 7.42. The minimum absolute atomic E-state index is 0.0944. The van der Waals surface area contributed by atoms with Crippen molar-refractivity contribution in [3.63, 3.8) is 0 Å². The van der Waals surface area contributed by atoms with Gasteiger partial charge in [-0.3, -0.25) is 4.79 Å². The fourth-order valence-corrected chi connectivity index (χ4v) is 3.12. The summed E-state index contributed by atoms with van der Waals surface area (Å²) in [7, 11) is 0. The Balaban J connectivity index is 2.00. The quantitative estimate of drug-likeness (QED) is 0.831. The van der Waals surface area contributed by atoms with Crippen molar-refractivity contribution in [1.82, 2.24) is 10.2 Å². The number of rotatable bonds is 3. The second kappa shape index (κ2) is 6.86. The zero-order valence-electron chi connectivity index (χ0n) is 13.8. The SMILES string of the molecule is CC(C)(C)OC(=O)N[C@H](C(=O)N1CC(O)C1)C1CCCCC1. The van der Waals surface area contributed by atoms with Gasteiger partial charge in [0.1, 0.15) is 11.6 Å². The molecule has 6 nitrogen and oxygen atoms in total. The molecular formula is C16H28N2O4. The summed E-state index contributed by atoms with van der Waals surface area (Å²) in [5.74, 6) is 0.0644. The van der Waals surface area contributed by atoms with Gasteiger partial charge in [-0.25, -0.2) is 4.79 Å². The number of amides is 2. The number of ether oxygens (including phenoxy) is 1. The molecule has 0 bridgehead atoms. The number of aliphatic hydroxyl groups excluding tert-OH is 1. The maximum Gasteiger partial charge on any atom is 0.408 e. The highest BCUT2D eigenvalue weighted by Crippen LogP contribution is 2.28. The molecule has 2 aliphatic rings. The highest BCUT2D eigenvalue weighted by molar-refractivity contribution is 5.86. The highest BCUT2D eigenvalue weighted by atomic mass is 16.6. The Morgan fingerprint density at radius 3 is 2.27 bits per heavy atom. The van der Waals surface area contributed by atoms with Crippen LogP contribution in [-0.4, -0.2) is 52.8 Å². The maximum atomic E-state index is 12.6. The minimum atomic E-state index is -0.586. The molecule has 0 aromatic heterocycles. The number of likely N-dealkylation sites (tertiary alicyclic amines) is 1. The lowest BCUT2D eigenvalue weighted by molar-refractivity contribution is -0.145. The number of hydrogen-bond acceptors (Lipinski definition) is 4. The van der Waals surface area contributed by atoms with Crippen LogP contribution in [0.25, 0.3) is 0 Å². The molecule has 0 aromatic carbocycles. The Bertz CT molecular complexity index is 407. The van der Waals surface area contributed by atoms with Crippen LogP contribution in [0.2, 0.25) is 0 Å². The van der Waals surface area contributed by atoms with Crippen molar-refractivity contribution in [3.05, 3.63) is 0 Å². The fourth-order valence-electron chi connectivity index (χ4n) is 3.12. The summed E-state index contributed by atoms with van der Waals surface area (Å²) in [5.41, 5.74) is -0.586. The first-order valence-electron chi connectivity index (χ1n) is 8.22. The van der Waals surface area contributed by atoms with Crippen molar-refractivity contribution >= 4 is 12.0 Å². The van der Waals surface area contributed by atoms with E-state index < -0.39 is 23.8 Å². The monoisotopic (exact) mass is 312 g/mol. The molecule has 22 heavy (non-hydrogen) atoms. The molecule has 126 valence electrons. The number of nitrogens with zero attached hydrogens (tertiary/aromatic N) is 1. The van der Waals surface area contributed by atoms with Crippen LogP contribution >= 0.6 is 0 Å². The van der Waals surface area contributed by atoms with Gasteiger partial charge in [0.05, 0.1) is 6.10 Å². The Morgan fingerprint density at radius 2 is 1.77 bits per heavy atom. The van der Waals surface area contributed by atoms with Crippen molar-refractivity contribution < 1.29 is 19.4 Å². The van der Waals surface area contributed by atoms with Crippen LogP contribution in [-0.2, 0) is 9.53 Å². The predicted molar refractivity (Wildman–Crippen MR) is 82.3 cm³/mol. The average Bonchev–Trinajstić information content (AvgIpc) is 2.40. The molecule has 2 N–H and O–H groups in total. The molecule has 0 unspecified atom stereocenters. The van der Waals surface area contributed by atoms with Gasteiger partial charge in [-0.15, -0.1) is 0 Å². The number of nitrogens with one attached hydrogen (secondary N) is 1. The lowest BCUT2D eigenvalue weighted by Crippen LogP contribution is -2.61. The summed E-state index contributed by atoms with van der Waals surface area (Å²) in [6, 6.07) is -0.539. The van der Waals surface area contributed by atoms with Crippen LogP contribution < -0.4 is 5.32 Å². The first kappa shape index (κ1) is 17.1. The molecule has 0 aromatic rings. The van der Waals surface area contributed by atoms with Gasteiger partial charge in [0, 0.05) is 13.1 Å². The van der Waals surface area contributed by atoms with Gasteiger partial charge in [0.2, 0.25) is 5.91 Å². The first-order valence-corrected chi connectivity index (χ1v) is 8.22. The second-order valence-electron chi connectivity index (χ2n) is 7.42. The van der Waals surface area contributed by atoms with E-state index in [0.29, 0.717) is 13.1 Å². The van der Waals surface area contributed by atoms with E-state index >= 15 is 0 Å². The summed E-state index contributed by atoms with van der Waals surface area (Å²) in [4.78, 5) is 26.3. The number of β-amino-alcohol motifs (C(OH)–C–C–N with tert-alkyl or cyclic N) is 1. The molecule has 2 fully saturated rings. The minimum Gasteiger partial charge on any atom is -0.444 e. The zero-order chi connectivity index (χ0) is 16.3. The Labute approximate surface area is 132 Å². The molecular weight excluding hydrogens is 284 g/mol.